The molecule has 1 aliphatic rings. The van der Waals surface area contributed by atoms with Crippen LogP contribution in [0.25, 0.3) is 11.4 Å². The maximum Gasteiger partial charge on any atom is 0.144 e. The zero-order valence-electron chi connectivity index (χ0n) is 10.2. The van der Waals surface area contributed by atoms with Gasteiger partial charge in [-0.2, -0.15) is 0 Å². The van der Waals surface area contributed by atoms with Crippen molar-refractivity contribution in [1.82, 2.24) is 9.55 Å². The van der Waals surface area contributed by atoms with Crippen LogP contribution in [0.1, 0.15) is 31.5 Å². The third-order valence-corrected chi connectivity index (χ3v) is 4.19. The quantitative estimate of drug-likeness (QED) is 0.766. The second-order valence-electron chi connectivity index (χ2n) is 4.76. The Morgan fingerprint density at radius 3 is 2.94 bits per heavy atom. The summed E-state index contributed by atoms with van der Waals surface area (Å²) in [5.74, 6) is 0.526. The highest BCUT2D eigenvalue weighted by atomic mass is 79.9. The molecule has 0 aliphatic carbocycles. The molecule has 0 bridgehead atoms. The smallest absolute Gasteiger partial charge is 0.144 e. The second-order valence-corrected chi connectivity index (χ2v) is 5.52. The number of hydrogen-bond acceptors (Lipinski definition) is 1. The van der Waals surface area contributed by atoms with Crippen molar-refractivity contribution in [1.29, 1.82) is 0 Å². The lowest BCUT2D eigenvalue weighted by Crippen LogP contribution is -2.16. The Bertz CT molecular complexity index is 591. The highest BCUT2D eigenvalue weighted by molar-refractivity contribution is 9.10. The van der Waals surface area contributed by atoms with Crippen LogP contribution >= 0.6 is 15.9 Å². The zero-order valence-corrected chi connectivity index (χ0v) is 11.7. The molecule has 1 aliphatic heterocycles. The van der Waals surface area contributed by atoms with E-state index in [-0.39, 0.29) is 5.82 Å². The first-order valence-corrected chi connectivity index (χ1v) is 6.99. The summed E-state index contributed by atoms with van der Waals surface area (Å²) in [6.07, 6.45) is 3.30. The average Bonchev–Trinajstić information content (AvgIpc) is 2.69. The Labute approximate surface area is 114 Å². The summed E-state index contributed by atoms with van der Waals surface area (Å²) in [6.45, 7) is 2.17. The summed E-state index contributed by atoms with van der Waals surface area (Å²) in [5.41, 5.74) is 1.77. The molecule has 1 aromatic heterocycles. The SMILES string of the molecule is CC1CCCc2c(Br)nc(-c3ccccc3F)n21. The number of aromatic nitrogens is 2. The highest BCUT2D eigenvalue weighted by Crippen LogP contribution is 2.35. The Hall–Kier alpha value is -1.16. The molecule has 1 atom stereocenters. The van der Waals surface area contributed by atoms with Crippen LogP contribution in [-0.4, -0.2) is 9.55 Å². The molecule has 1 aromatic carbocycles. The van der Waals surface area contributed by atoms with Gasteiger partial charge in [0.05, 0.1) is 11.3 Å². The minimum absolute atomic E-state index is 0.212. The van der Waals surface area contributed by atoms with Crippen LogP contribution in [0.4, 0.5) is 4.39 Å². The lowest BCUT2D eigenvalue weighted by molar-refractivity contribution is 0.434. The van der Waals surface area contributed by atoms with Gasteiger partial charge in [0.1, 0.15) is 16.2 Å². The normalized spacial score (nSPS) is 18.7. The van der Waals surface area contributed by atoms with E-state index in [0.29, 0.717) is 11.6 Å². The Balaban J connectivity index is 2.22. The van der Waals surface area contributed by atoms with E-state index in [2.05, 4.69) is 32.4 Å². The molecule has 0 spiro atoms. The van der Waals surface area contributed by atoms with Crippen LogP contribution in [0.5, 0.6) is 0 Å². The van der Waals surface area contributed by atoms with Gasteiger partial charge < -0.3 is 4.57 Å². The maximum absolute atomic E-state index is 13.9. The molecule has 0 radical (unpaired) electrons. The first kappa shape index (κ1) is 11.9. The third kappa shape index (κ3) is 1.79. The fourth-order valence-corrected chi connectivity index (χ4v) is 3.22. The summed E-state index contributed by atoms with van der Waals surface area (Å²) < 4.78 is 16.9. The van der Waals surface area contributed by atoms with E-state index in [4.69, 9.17) is 0 Å². The van der Waals surface area contributed by atoms with E-state index in [1.807, 2.05) is 6.07 Å². The standard InChI is InChI=1S/C14H14BrFN2/c1-9-5-4-8-12-13(15)17-14(18(9)12)10-6-2-3-7-11(10)16/h2-3,6-7,9H,4-5,8H2,1H3. The molecule has 0 saturated carbocycles. The van der Waals surface area contributed by atoms with Gasteiger partial charge >= 0.3 is 0 Å². The molecule has 0 amide bonds. The van der Waals surface area contributed by atoms with Crippen molar-refractivity contribution < 1.29 is 4.39 Å². The number of hydrogen-bond donors (Lipinski definition) is 0. The van der Waals surface area contributed by atoms with Crippen LogP contribution < -0.4 is 0 Å². The van der Waals surface area contributed by atoms with Crippen LogP contribution in [0, 0.1) is 5.82 Å². The van der Waals surface area contributed by atoms with E-state index in [9.17, 15) is 4.39 Å². The van der Waals surface area contributed by atoms with Crippen LogP contribution in [-0.2, 0) is 6.42 Å². The summed E-state index contributed by atoms with van der Waals surface area (Å²) >= 11 is 3.50. The number of halogens is 2. The van der Waals surface area contributed by atoms with E-state index < -0.39 is 0 Å². The maximum atomic E-state index is 13.9. The Kier molecular flexibility index (Phi) is 2.98. The number of fused-ring (bicyclic) bond motifs is 1. The van der Waals surface area contributed by atoms with E-state index in [1.165, 1.54) is 18.2 Å². The summed E-state index contributed by atoms with van der Waals surface area (Å²) in [7, 11) is 0. The fourth-order valence-electron chi connectivity index (χ4n) is 2.66. The second kappa shape index (κ2) is 4.50. The van der Waals surface area contributed by atoms with Crippen molar-refractivity contribution in [3.8, 4) is 11.4 Å². The number of nitrogens with zero attached hydrogens (tertiary/aromatic N) is 2. The molecule has 3 rings (SSSR count). The van der Waals surface area contributed by atoms with Gasteiger partial charge in [-0.1, -0.05) is 12.1 Å². The van der Waals surface area contributed by atoms with E-state index >= 15 is 0 Å². The molecule has 4 heteroatoms. The molecule has 0 fully saturated rings. The zero-order chi connectivity index (χ0) is 12.7. The number of rotatable bonds is 1. The van der Waals surface area contributed by atoms with Gasteiger partial charge in [-0.15, -0.1) is 0 Å². The molecule has 18 heavy (non-hydrogen) atoms. The minimum atomic E-state index is -0.212. The summed E-state index contributed by atoms with van der Waals surface area (Å²) in [4.78, 5) is 4.51. The molecule has 2 nitrogen and oxygen atoms in total. The number of benzene rings is 1. The fraction of sp³-hybridized carbons (Fsp3) is 0.357. The predicted molar refractivity (Wildman–Crippen MR) is 73.0 cm³/mol. The molecule has 1 unspecified atom stereocenters. The van der Waals surface area contributed by atoms with Gasteiger partial charge in [0, 0.05) is 6.04 Å². The number of imidazole rings is 1. The molecule has 2 heterocycles. The lowest BCUT2D eigenvalue weighted by atomic mass is 10.0. The first-order valence-electron chi connectivity index (χ1n) is 6.20. The molecular formula is C14H14BrFN2. The minimum Gasteiger partial charge on any atom is -0.324 e. The van der Waals surface area contributed by atoms with Crippen LogP contribution in [0.3, 0.4) is 0 Å². The lowest BCUT2D eigenvalue weighted by Gasteiger charge is -2.24. The van der Waals surface area contributed by atoms with Gasteiger partial charge in [-0.3, -0.25) is 0 Å². The van der Waals surface area contributed by atoms with Crippen molar-refractivity contribution in [2.75, 3.05) is 0 Å². The third-order valence-electron chi connectivity index (χ3n) is 3.55. The molecule has 0 N–H and O–H groups in total. The van der Waals surface area contributed by atoms with Crippen molar-refractivity contribution in [3.05, 3.63) is 40.4 Å². The van der Waals surface area contributed by atoms with Crippen molar-refractivity contribution in [2.24, 2.45) is 0 Å². The van der Waals surface area contributed by atoms with E-state index in [1.54, 1.807) is 12.1 Å². The average molecular weight is 309 g/mol. The van der Waals surface area contributed by atoms with Crippen molar-refractivity contribution in [2.45, 2.75) is 32.2 Å². The van der Waals surface area contributed by atoms with Gasteiger partial charge in [0.15, 0.2) is 0 Å². The predicted octanol–water partition coefficient (Wildman–Crippen LogP) is 4.35. The molecule has 94 valence electrons. The monoisotopic (exact) mass is 308 g/mol. The highest BCUT2D eigenvalue weighted by Gasteiger charge is 2.25. The summed E-state index contributed by atoms with van der Waals surface area (Å²) in [5, 5.41) is 0. The molecule has 0 saturated heterocycles. The first-order chi connectivity index (χ1) is 8.68. The largest absolute Gasteiger partial charge is 0.324 e. The molecular weight excluding hydrogens is 295 g/mol. The van der Waals surface area contributed by atoms with Crippen LogP contribution in [0.2, 0.25) is 0 Å². The van der Waals surface area contributed by atoms with Crippen LogP contribution in [0.15, 0.2) is 28.9 Å². The van der Waals surface area contributed by atoms with Gasteiger partial charge in [-0.05, 0) is 54.2 Å². The van der Waals surface area contributed by atoms with Crippen molar-refractivity contribution in [3.63, 3.8) is 0 Å². The van der Waals surface area contributed by atoms with Gasteiger partial charge in [0.2, 0.25) is 0 Å². The van der Waals surface area contributed by atoms with E-state index in [0.717, 1.165) is 23.3 Å². The Morgan fingerprint density at radius 1 is 1.39 bits per heavy atom. The Morgan fingerprint density at radius 2 is 2.17 bits per heavy atom. The van der Waals surface area contributed by atoms with Crippen molar-refractivity contribution >= 4 is 15.9 Å². The van der Waals surface area contributed by atoms with Gasteiger partial charge in [0.25, 0.3) is 0 Å². The van der Waals surface area contributed by atoms with Gasteiger partial charge in [-0.25, -0.2) is 9.37 Å². The summed E-state index contributed by atoms with van der Waals surface area (Å²) in [6, 6.07) is 7.21. The topological polar surface area (TPSA) is 17.8 Å². The molecule has 2 aromatic rings.